The average Bonchev–Trinajstić information content (AvgIpc) is 2.30. The number of anilines is 1. The van der Waals surface area contributed by atoms with Gasteiger partial charge in [0.2, 0.25) is 5.91 Å². The number of amides is 1. The SMILES string of the molecule is CC(C)(CCN)CCC(=O)Nc1ccc(Br)cc1Br. The van der Waals surface area contributed by atoms with Crippen molar-refractivity contribution in [2.24, 2.45) is 11.1 Å². The molecule has 106 valence electrons. The molecule has 19 heavy (non-hydrogen) atoms. The van der Waals surface area contributed by atoms with Crippen LogP contribution in [-0.4, -0.2) is 12.5 Å². The lowest BCUT2D eigenvalue weighted by atomic mass is 9.84. The maximum Gasteiger partial charge on any atom is 0.224 e. The molecule has 3 nitrogen and oxygen atoms in total. The summed E-state index contributed by atoms with van der Waals surface area (Å²) in [5, 5.41) is 2.91. The van der Waals surface area contributed by atoms with E-state index in [1.807, 2.05) is 18.2 Å². The van der Waals surface area contributed by atoms with Crippen molar-refractivity contribution in [3.8, 4) is 0 Å². The minimum atomic E-state index is 0.0353. The van der Waals surface area contributed by atoms with Gasteiger partial charge < -0.3 is 11.1 Å². The van der Waals surface area contributed by atoms with E-state index in [1.54, 1.807) is 0 Å². The molecule has 1 aromatic rings. The quantitative estimate of drug-likeness (QED) is 0.759. The summed E-state index contributed by atoms with van der Waals surface area (Å²) in [6, 6.07) is 5.68. The van der Waals surface area contributed by atoms with Gasteiger partial charge in [-0.25, -0.2) is 0 Å². The molecule has 0 atom stereocenters. The zero-order valence-electron chi connectivity index (χ0n) is 11.3. The Bertz CT molecular complexity index is 447. The molecule has 5 heteroatoms. The summed E-state index contributed by atoms with van der Waals surface area (Å²) in [5.41, 5.74) is 6.48. The highest BCUT2D eigenvalue weighted by Crippen LogP contribution is 2.28. The lowest BCUT2D eigenvalue weighted by molar-refractivity contribution is -0.116. The Morgan fingerprint density at radius 2 is 2.00 bits per heavy atom. The molecule has 0 aromatic heterocycles. The normalized spacial score (nSPS) is 11.4. The summed E-state index contributed by atoms with van der Waals surface area (Å²) in [6.45, 7) is 4.94. The average molecular weight is 392 g/mol. The highest BCUT2D eigenvalue weighted by Gasteiger charge is 2.18. The van der Waals surface area contributed by atoms with Crippen molar-refractivity contribution in [1.29, 1.82) is 0 Å². The van der Waals surface area contributed by atoms with E-state index in [-0.39, 0.29) is 11.3 Å². The number of rotatable bonds is 6. The van der Waals surface area contributed by atoms with Gasteiger partial charge in [-0.15, -0.1) is 0 Å². The second-order valence-electron chi connectivity index (χ2n) is 5.38. The summed E-state index contributed by atoms with van der Waals surface area (Å²) >= 11 is 6.81. The topological polar surface area (TPSA) is 55.1 Å². The smallest absolute Gasteiger partial charge is 0.224 e. The largest absolute Gasteiger partial charge is 0.330 e. The van der Waals surface area contributed by atoms with E-state index in [9.17, 15) is 4.79 Å². The van der Waals surface area contributed by atoms with Crippen LogP contribution in [0.5, 0.6) is 0 Å². The maximum atomic E-state index is 11.9. The summed E-state index contributed by atoms with van der Waals surface area (Å²) in [7, 11) is 0. The van der Waals surface area contributed by atoms with Gasteiger partial charge in [-0.2, -0.15) is 0 Å². The molecule has 1 aromatic carbocycles. The number of carbonyl (C=O) groups excluding carboxylic acids is 1. The molecule has 0 aliphatic carbocycles. The molecule has 0 spiro atoms. The predicted molar refractivity (Wildman–Crippen MR) is 87.2 cm³/mol. The van der Waals surface area contributed by atoms with Crippen molar-refractivity contribution in [1.82, 2.24) is 0 Å². The van der Waals surface area contributed by atoms with Gasteiger partial charge >= 0.3 is 0 Å². The third kappa shape index (κ3) is 6.06. The van der Waals surface area contributed by atoms with E-state index in [0.717, 1.165) is 27.5 Å². The molecule has 0 saturated carbocycles. The van der Waals surface area contributed by atoms with Crippen LogP contribution in [0.2, 0.25) is 0 Å². The molecule has 0 radical (unpaired) electrons. The first-order valence-electron chi connectivity index (χ1n) is 6.29. The van der Waals surface area contributed by atoms with E-state index < -0.39 is 0 Å². The van der Waals surface area contributed by atoms with E-state index in [4.69, 9.17) is 5.73 Å². The van der Waals surface area contributed by atoms with Crippen molar-refractivity contribution in [3.05, 3.63) is 27.1 Å². The highest BCUT2D eigenvalue weighted by atomic mass is 79.9. The Labute approximate surface area is 131 Å². The number of benzene rings is 1. The third-order valence-corrected chi connectivity index (χ3v) is 4.20. The number of hydrogen-bond acceptors (Lipinski definition) is 2. The highest BCUT2D eigenvalue weighted by molar-refractivity contribution is 9.11. The van der Waals surface area contributed by atoms with Crippen LogP contribution in [0.3, 0.4) is 0 Å². The summed E-state index contributed by atoms with van der Waals surface area (Å²) in [5.74, 6) is 0.0353. The van der Waals surface area contributed by atoms with Crippen LogP contribution >= 0.6 is 31.9 Å². The maximum absolute atomic E-state index is 11.9. The molecule has 0 aliphatic rings. The molecule has 0 bridgehead atoms. The summed E-state index contributed by atoms with van der Waals surface area (Å²) < 4.78 is 1.85. The first kappa shape index (κ1) is 16.7. The minimum absolute atomic E-state index is 0.0353. The van der Waals surface area contributed by atoms with Crippen LogP contribution in [0, 0.1) is 5.41 Å². The van der Waals surface area contributed by atoms with E-state index in [1.165, 1.54) is 0 Å². The fraction of sp³-hybridized carbons (Fsp3) is 0.500. The van der Waals surface area contributed by atoms with Crippen LogP contribution in [0.25, 0.3) is 0 Å². The van der Waals surface area contributed by atoms with Gasteiger partial charge in [-0.05, 0) is 58.9 Å². The lowest BCUT2D eigenvalue weighted by Crippen LogP contribution is -2.20. The van der Waals surface area contributed by atoms with Crippen molar-refractivity contribution in [2.75, 3.05) is 11.9 Å². The molecular formula is C14H20Br2N2O. The summed E-state index contributed by atoms with van der Waals surface area (Å²) in [4.78, 5) is 11.9. The first-order valence-corrected chi connectivity index (χ1v) is 7.88. The zero-order chi connectivity index (χ0) is 14.5. The number of hydrogen-bond donors (Lipinski definition) is 2. The molecule has 3 N–H and O–H groups in total. The molecule has 0 fully saturated rings. The Balaban J connectivity index is 2.52. The van der Waals surface area contributed by atoms with Crippen LogP contribution < -0.4 is 11.1 Å². The van der Waals surface area contributed by atoms with E-state index >= 15 is 0 Å². The van der Waals surface area contributed by atoms with E-state index in [0.29, 0.717) is 13.0 Å². The minimum Gasteiger partial charge on any atom is -0.330 e. The number of halogens is 2. The fourth-order valence-electron chi connectivity index (χ4n) is 1.77. The fourth-order valence-corrected chi connectivity index (χ4v) is 2.92. The standard InChI is InChI=1S/C14H20Br2N2O/c1-14(2,7-8-17)6-5-13(19)18-12-4-3-10(15)9-11(12)16/h3-4,9H,5-8,17H2,1-2H3,(H,18,19). The van der Waals surface area contributed by atoms with Gasteiger partial charge in [-0.3, -0.25) is 4.79 Å². The van der Waals surface area contributed by atoms with Crippen LogP contribution in [0.15, 0.2) is 27.1 Å². The second kappa shape index (κ2) is 7.41. The van der Waals surface area contributed by atoms with Gasteiger partial charge in [0.25, 0.3) is 0 Å². The third-order valence-electron chi connectivity index (χ3n) is 3.06. The second-order valence-corrected chi connectivity index (χ2v) is 7.15. The van der Waals surface area contributed by atoms with Gasteiger partial charge in [0.05, 0.1) is 5.69 Å². The number of nitrogens with two attached hydrogens (primary N) is 1. The Morgan fingerprint density at radius 3 is 2.58 bits per heavy atom. The van der Waals surface area contributed by atoms with Crippen LogP contribution in [0.1, 0.15) is 33.1 Å². The van der Waals surface area contributed by atoms with Crippen molar-refractivity contribution in [2.45, 2.75) is 33.1 Å². The molecule has 0 heterocycles. The van der Waals surface area contributed by atoms with E-state index in [2.05, 4.69) is 51.0 Å². The lowest BCUT2D eigenvalue weighted by Gasteiger charge is -2.23. The van der Waals surface area contributed by atoms with Crippen LogP contribution in [0.4, 0.5) is 5.69 Å². The Kier molecular flexibility index (Phi) is 6.50. The van der Waals surface area contributed by atoms with Gasteiger partial charge in [-0.1, -0.05) is 29.8 Å². The Morgan fingerprint density at radius 1 is 1.32 bits per heavy atom. The van der Waals surface area contributed by atoms with Crippen LogP contribution in [-0.2, 0) is 4.79 Å². The van der Waals surface area contributed by atoms with Gasteiger partial charge in [0.1, 0.15) is 0 Å². The predicted octanol–water partition coefficient (Wildman–Crippen LogP) is 4.31. The molecule has 0 aliphatic heterocycles. The first-order chi connectivity index (χ1) is 8.84. The number of carbonyl (C=O) groups is 1. The van der Waals surface area contributed by atoms with Crippen molar-refractivity contribution in [3.63, 3.8) is 0 Å². The number of nitrogens with one attached hydrogen (secondary N) is 1. The molecule has 1 rings (SSSR count). The summed E-state index contributed by atoms with van der Waals surface area (Å²) in [6.07, 6.45) is 2.28. The zero-order valence-corrected chi connectivity index (χ0v) is 14.5. The monoisotopic (exact) mass is 390 g/mol. The van der Waals surface area contributed by atoms with Crippen molar-refractivity contribution >= 4 is 43.5 Å². The molecular weight excluding hydrogens is 372 g/mol. The molecule has 1 amide bonds. The van der Waals surface area contributed by atoms with Gasteiger partial charge in [0.15, 0.2) is 0 Å². The van der Waals surface area contributed by atoms with Gasteiger partial charge in [0, 0.05) is 15.4 Å². The molecule has 0 saturated heterocycles. The Hall–Kier alpha value is -0.390. The van der Waals surface area contributed by atoms with Crippen molar-refractivity contribution < 1.29 is 4.79 Å². The molecule has 0 unspecified atom stereocenters.